The molecule has 0 radical (unpaired) electrons. The number of allylic oxidation sites excluding steroid dienone is 5. The molecule has 0 amide bonds. The van der Waals surface area contributed by atoms with Crippen molar-refractivity contribution in [3.63, 3.8) is 0 Å². The maximum atomic E-state index is 14.2. The lowest BCUT2D eigenvalue weighted by Gasteiger charge is -2.50. The van der Waals surface area contributed by atoms with Crippen molar-refractivity contribution in [3.8, 4) is 0 Å². The van der Waals surface area contributed by atoms with Crippen LogP contribution >= 0.6 is 0 Å². The summed E-state index contributed by atoms with van der Waals surface area (Å²) >= 11 is 0. The van der Waals surface area contributed by atoms with E-state index in [1.807, 2.05) is 12.2 Å². The highest BCUT2D eigenvalue weighted by atomic mass is 16.7. The third kappa shape index (κ3) is 6.99. The van der Waals surface area contributed by atoms with E-state index in [1.165, 1.54) is 5.57 Å². The fourth-order valence-corrected chi connectivity index (χ4v) is 7.94. The van der Waals surface area contributed by atoms with Crippen LogP contribution < -0.4 is 0 Å². The molecule has 9 heteroatoms. The van der Waals surface area contributed by atoms with E-state index in [0.717, 1.165) is 17.7 Å². The van der Waals surface area contributed by atoms with Gasteiger partial charge >= 0.3 is 5.97 Å². The number of hydrogen-bond donors (Lipinski definition) is 2. The van der Waals surface area contributed by atoms with Gasteiger partial charge < -0.3 is 34.0 Å². The van der Waals surface area contributed by atoms with Gasteiger partial charge in [0.1, 0.15) is 36.9 Å². The van der Waals surface area contributed by atoms with Crippen molar-refractivity contribution in [2.24, 2.45) is 28.8 Å². The largest absolute Gasteiger partial charge is 0.462 e. The van der Waals surface area contributed by atoms with Gasteiger partial charge in [-0.1, -0.05) is 74.9 Å². The molecule has 0 saturated carbocycles. The highest BCUT2D eigenvalue weighted by molar-refractivity contribution is 5.88. The molecule has 4 heterocycles. The van der Waals surface area contributed by atoms with Gasteiger partial charge in [0.05, 0.1) is 24.5 Å². The summed E-state index contributed by atoms with van der Waals surface area (Å²) in [7, 11) is 1.55. The second kappa shape index (κ2) is 13.9. The fourth-order valence-electron chi connectivity index (χ4n) is 7.94. The van der Waals surface area contributed by atoms with Crippen LogP contribution in [0.1, 0.15) is 80.6 Å². The van der Waals surface area contributed by atoms with Crippen LogP contribution in [-0.2, 0) is 28.6 Å². The van der Waals surface area contributed by atoms with Crippen LogP contribution in [0.5, 0.6) is 0 Å². The van der Waals surface area contributed by atoms with Crippen LogP contribution in [-0.4, -0.2) is 77.5 Å². The van der Waals surface area contributed by atoms with E-state index in [0.29, 0.717) is 42.7 Å². The second-order valence-corrected chi connectivity index (χ2v) is 14.5. The summed E-state index contributed by atoms with van der Waals surface area (Å²) in [6, 6.07) is 0. The SMILES string of the molecule is CO/N=C1/CC2(C[C@@H]3C[C@@H](C/C=C(\C)C[C@@H](C)/C=C/C=C4\CO[C@@H]5[C@H](O)C(C)=C[C@@H](C(=O)O3)[C@]45O)O2)O[C@H](/C(C)=C/C(C)C)[C@H]1C. The molecule has 1 spiro atoms. The van der Waals surface area contributed by atoms with Crippen LogP contribution in [0, 0.1) is 23.7 Å². The van der Waals surface area contributed by atoms with Gasteiger partial charge in [-0.15, -0.1) is 0 Å². The molecule has 4 aliphatic heterocycles. The van der Waals surface area contributed by atoms with E-state index in [1.54, 1.807) is 20.1 Å². The molecule has 3 fully saturated rings. The third-order valence-corrected chi connectivity index (χ3v) is 10.1. The molecule has 2 bridgehead atoms. The lowest BCUT2D eigenvalue weighted by molar-refractivity contribution is -0.313. The first kappa shape index (κ1) is 34.8. The number of rotatable bonds is 3. The number of carbonyl (C=O) groups excluding carboxylic acids is 1. The molecule has 254 valence electrons. The summed E-state index contributed by atoms with van der Waals surface area (Å²) < 4.78 is 26.0. The van der Waals surface area contributed by atoms with Gasteiger partial charge in [-0.05, 0) is 62.2 Å². The van der Waals surface area contributed by atoms with Crippen LogP contribution in [0.25, 0.3) is 0 Å². The highest BCUT2D eigenvalue weighted by Crippen LogP contribution is 2.47. The molecule has 5 rings (SSSR count). The second-order valence-electron chi connectivity index (χ2n) is 14.5. The van der Waals surface area contributed by atoms with E-state index < -0.39 is 41.6 Å². The average Bonchev–Trinajstić information content (AvgIpc) is 3.31. The van der Waals surface area contributed by atoms with Crippen LogP contribution in [0.3, 0.4) is 0 Å². The van der Waals surface area contributed by atoms with Gasteiger partial charge in [0.25, 0.3) is 0 Å². The van der Waals surface area contributed by atoms with Crippen molar-refractivity contribution in [1.82, 2.24) is 0 Å². The lowest BCUT2D eigenvalue weighted by Crippen LogP contribution is -2.59. The van der Waals surface area contributed by atoms with Crippen molar-refractivity contribution >= 4 is 11.7 Å². The van der Waals surface area contributed by atoms with E-state index in [2.05, 4.69) is 64.9 Å². The van der Waals surface area contributed by atoms with E-state index in [4.69, 9.17) is 23.8 Å². The zero-order chi connectivity index (χ0) is 33.4. The monoisotopic (exact) mass is 639 g/mol. The minimum absolute atomic E-state index is 0.0340. The van der Waals surface area contributed by atoms with Gasteiger partial charge in [0.2, 0.25) is 0 Å². The number of carbonyl (C=O) groups is 1. The Morgan fingerprint density at radius 1 is 1.20 bits per heavy atom. The Hall–Kier alpha value is -2.56. The Bertz CT molecular complexity index is 1340. The first-order chi connectivity index (χ1) is 21.8. The summed E-state index contributed by atoms with van der Waals surface area (Å²) in [5, 5.41) is 27.6. The highest BCUT2D eigenvalue weighted by Gasteiger charge is 2.60. The Morgan fingerprint density at radius 3 is 2.67 bits per heavy atom. The number of esters is 1. The normalized spacial score (nSPS) is 44.5. The Morgan fingerprint density at radius 2 is 1.96 bits per heavy atom. The summed E-state index contributed by atoms with van der Waals surface area (Å²) in [4.78, 5) is 19.4. The number of aliphatic hydroxyl groups is 2. The minimum atomic E-state index is -1.74. The smallest absolute Gasteiger partial charge is 0.316 e. The standard InChI is InChI=1S/C37H53NO8/c1-21(2)14-25(6)33-26(7)31(38-42-8)19-36(46-33)18-29-17-28(45-36)13-12-23(4)15-22(3)10-9-11-27-20-43-34-32(39)24(5)16-30(35(40)44-29)37(27,34)41/h9-12,14,16,21-22,26,28-30,32-34,39,41H,13,15,17-20H2,1-8H3/b10-9+,23-12+,25-14+,27-11+,38-31-/t22-,26-,28+,29-,30-,32+,33+,34+,36?,37+/m0/s1. The van der Waals surface area contributed by atoms with Crippen LogP contribution in [0.15, 0.2) is 63.9 Å². The zero-order valence-corrected chi connectivity index (χ0v) is 28.7. The zero-order valence-electron chi connectivity index (χ0n) is 28.7. The first-order valence-electron chi connectivity index (χ1n) is 16.8. The number of hydrogen-bond acceptors (Lipinski definition) is 9. The molecular formula is C37H53NO8. The predicted molar refractivity (Wildman–Crippen MR) is 176 cm³/mol. The van der Waals surface area contributed by atoms with Gasteiger partial charge in [-0.2, -0.15) is 0 Å². The Labute approximate surface area is 274 Å². The summed E-state index contributed by atoms with van der Waals surface area (Å²) in [6.45, 7) is 14.6. The number of nitrogens with zero attached hydrogens (tertiary/aromatic N) is 1. The Balaban J connectivity index is 1.55. The molecule has 1 aliphatic carbocycles. The van der Waals surface area contributed by atoms with Crippen molar-refractivity contribution in [2.75, 3.05) is 13.7 Å². The summed E-state index contributed by atoms with van der Waals surface area (Å²) in [5.74, 6) is -2.15. The van der Waals surface area contributed by atoms with E-state index in [-0.39, 0.29) is 30.7 Å². The molecule has 0 aromatic rings. The maximum absolute atomic E-state index is 14.2. The quantitative estimate of drug-likeness (QED) is 0.229. The van der Waals surface area contributed by atoms with E-state index >= 15 is 0 Å². The molecule has 10 atom stereocenters. The fraction of sp³-hybridized carbons (Fsp3) is 0.676. The van der Waals surface area contributed by atoms with E-state index in [9.17, 15) is 15.0 Å². The molecule has 2 N–H and O–H groups in total. The molecule has 0 aromatic carbocycles. The molecule has 5 aliphatic rings. The topological polar surface area (TPSA) is 116 Å². The number of oxime groups is 1. The van der Waals surface area contributed by atoms with Crippen molar-refractivity contribution in [2.45, 2.75) is 122 Å². The molecule has 0 aromatic heterocycles. The predicted octanol–water partition coefficient (Wildman–Crippen LogP) is 5.73. The molecule has 3 saturated heterocycles. The molecular weight excluding hydrogens is 586 g/mol. The molecule has 46 heavy (non-hydrogen) atoms. The maximum Gasteiger partial charge on any atom is 0.316 e. The van der Waals surface area contributed by atoms with Crippen LogP contribution in [0.4, 0.5) is 0 Å². The lowest BCUT2D eigenvalue weighted by atomic mass is 9.71. The van der Waals surface area contributed by atoms with Gasteiger partial charge in [-0.25, -0.2) is 0 Å². The van der Waals surface area contributed by atoms with Crippen molar-refractivity contribution < 1.29 is 38.8 Å². The molecule has 9 nitrogen and oxygen atoms in total. The van der Waals surface area contributed by atoms with Crippen molar-refractivity contribution in [3.05, 3.63) is 58.7 Å². The molecule has 1 unspecified atom stereocenters. The third-order valence-electron chi connectivity index (χ3n) is 10.1. The minimum Gasteiger partial charge on any atom is -0.462 e. The summed E-state index contributed by atoms with van der Waals surface area (Å²) in [6.07, 6.45) is 11.4. The van der Waals surface area contributed by atoms with Crippen molar-refractivity contribution in [1.29, 1.82) is 0 Å². The van der Waals surface area contributed by atoms with Gasteiger partial charge in [0.15, 0.2) is 5.79 Å². The number of fused-ring (bicyclic) bond motifs is 2. The van der Waals surface area contributed by atoms with Crippen LogP contribution in [0.2, 0.25) is 0 Å². The first-order valence-corrected chi connectivity index (χ1v) is 16.8. The van der Waals surface area contributed by atoms with Gasteiger partial charge in [0, 0.05) is 25.2 Å². The summed E-state index contributed by atoms with van der Waals surface area (Å²) in [5.41, 5.74) is 2.54. The number of ether oxygens (including phenoxy) is 4. The Kier molecular flexibility index (Phi) is 10.5. The van der Waals surface area contributed by atoms with Gasteiger partial charge in [-0.3, -0.25) is 4.79 Å². The number of aliphatic hydroxyl groups excluding tert-OH is 1. The average molecular weight is 640 g/mol.